The van der Waals surface area contributed by atoms with E-state index >= 15 is 0 Å². The second-order valence-corrected chi connectivity index (χ2v) is 14.4. The third-order valence-electron chi connectivity index (χ3n) is 10.1. The van der Waals surface area contributed by atoms with Crippen molar-refractivity contribution < 1.29 is 32.7 Å². The summed E-state index contributed by atoms with van der Waals surface area (Å²) in [6, 6.07) is 3.83. The summed E-state index contributed by atoms with van der Waals surface area (Å²) in [5.41, 5.74) is 1.78. The molecule has 0 unspecified atom stereocenters. The van der Waals surface area contributed by atoms with Gasteiger partial charge < -0.3 is 20.3 Å². The van der Waals surface area contributed by atoms with Crippen molar-refractivity contribution >= 4 is 56.2 Å². The second-order valence-electron chi connectivity index (χ2n) is 13.6. The quantitative estimate of drug-likeness (QED) is 0.223. The Morgan fingerprint density at radius 1 is 1.08 bits per heavy atom. The van der Waals surface area contributed by atoms with Gasteiger partial charge in [0.2, 0.25) is 11.8 Å². The number of aryl methyl sites for hydroxylation is 1. The van der Waals surface area contributed by atoms with Gasteiger partial charge in [0.05, 0.1) is 24.0 Å². The van der Waals surface area contributed by atoms with Crippen LogP contribution in [-0.4, -0.2) is 89.3 Å². The highest BCUT2D eigenvalue weighted by molar-refractivity contribution is 9.10. The van der Waals surface area contributed by atoms with E-state index in [1.54, 1.807) is 37.5 Å². The molecule has 3 amide bonds. The molecule has 1 aliphatic carbocycles. The molecule has 6 heterocycles. The molecule has 1 spiro atoms. The number of carbonyl (C=O) groups is 4. The molecule has 2 fully saturated rings. The maximum absolute atomic E-state index is 14.7. The number of ketones is 1. The molecular formula is C35H36BrF2N9O5. The summed E-state index contributed by atoms with van der Waals surface area (Å²) in [6.45, 7) is 3.04. The number of hydrogen-bond donors (Lipinski definition) is 2. The minimum atomic E-state index is -3.54. The van der Waals surface area contributed by atoms with Gasteiger partial charge in [0.15, 0.2) is 5.78 Å². The van der Waals surface area contributed by atoms with Gasteiger partial charge in [-0.25, -0.2) is 15.0 Å². The second kappa shape index (κ2) is 14.0. The molecule has 272 valence electrons. The Morgan fingerprint density at radius 2 is 1.87 bits per heavy atom. The van der Waals surface area contributed by atoms with Gasteiger partial charge in [-0.05, 0) is 72.5 Å². The molecule has 1 saturated carbocycles. The van der Waals surface area contributed by atoms with Gasteiger partial charge in [-0.15, -0.1) is 0 Å². The summed E-state index contributed by atoms with van der Waals surface area (Å²) in [4.78, 5) is 72.4. The lowest BCUT2D eigenvalue weighted by atomic mass is 9.95. The number of fused-ring (bicyclic) bond motifs is 3. The van der Waals surface area contributed by atoms with Crippen LogP contribution in [0.25, 0.3) is 22.2 Å². The van der Waals surface area contributed by atoms with E-state index < -0.39 is 41.5 Å². The number of anilines is 1. The summed E-state index contributed by atoms with van der Waals surface area (Å²) in [5.74, 6) is -5.23. The Labute approximate surface area is 305 Å². The average Bonchev–Trinajstić information content (AvgIpc) is 3.52. The SMILES string of the molecule is CC(=O)c1nn(CC(=O)N2[C@H]3C[C@@]4(CCNC(=O)C(F)(F)CCCCOCc5ccc(Br)nc5NC3=O)C[C@@H]24)c2cnc(-c3cnc(C)nc3)cc12. The molecule has 4 aromatic rings. The fourth-order valence-electron chi connectivity index (χ4n) is 7.21. The zero-order chi connectivity index (χ0) is 36.8. The number of likely N-dealkylation sites (tertiary alicyclic amines) is 1. The minimum absolute atomic E-state index is 0.0342. The van der Waals surface area contributed by atoms with Crippen molar-refractivity contribution in [1.82, 2.24) is 39.9 Å². The van der Waals surface area contributed by atoms with E-state index in [-0.39, 0.29) is 62.5 Å². The highest BCUT2D eigenvalue weighted by Crippen LogP contribution is 2.61. The Hall–Kier alpha value is -4.77. The van der Waals surface area contributed by atoms with Crippen LogP contribution in [0.15, 0.2) is 41.4 Å². The number of Topliss-reactive ketones (excluding diaryl/α,β-unsaturated/α-hetero) is 1. The number of ether oxygens (including phenoxy) is 1. The first-order valence-electron chi connectivity index (χ1n) is 17.0. The van der Waals surface area contributed by atoms with Crippen LogP contribution in [-0.2, 0) is 32.3 Å². The van der Waals surface area contributed by atoms with E-state index in [0.29, 0.717) is 57.4 Å². The molecule has 7 rings (SSSR count). The van der Waals surface area contributed by atoms with Crippen molar-refractivity contribution in [1.29, 1.82) is 0 Å². The smallest absolute Gasteiger partial charge is 0.324 e. The highest BCUT2D eigenvalue weighted by atomic mass is 79.9. The molecule has 3 aliphatic rings. The van der Waals surface area contributed by atoms with Gasteiger partial charge in [0.25, 0.3) is 5.91 Å². The fraction of sp³-hybridized carbons (Fsp3) is 0.457. The molecule has 0 aromatic carbocycles. The highest BCUT2D eigenvalue weighted by Gasteiger charge is 2.66. The summed E-state index contributed by atoms with van der Waals surface area (Å²) >= 11 is 3.35. The zero-order valence-corrected chi connectivity index (χ0v) is 30.1. The zero-order valence-electron chi connectivity index (χ0n) is 28.5. The number of aromatic nitrogens is 6. The Balaban J connectivity index is 1.19. The van der Waals surface area contributed by atoms with Crippen LogP contribution >= 0.6 is 15.9 Å². The van der Waals surface area contributed by atoms with E-state index in [1.807, 2.05) is 0 Å². The maximum atomic E-state index is 14.7. The molecule has 52 heavy (non-hydrogen) atoms. The van der Waals surface area contributed by atoms with E-state index in [9.17, 15) is 28.0 Å². The number of rotatable bonds is 4. The molecule has 4 aromatic heterocycles. The van der Waals surface area contributed by atoms with Crippen molar-refractivity contribution in [2.45, 2.75) is 83.5 Å². The third-order valence-corrected chi connectivity index (χ3v) is 10.5. The number of carbonyl (C=O) groups excluding carboxylic acids is 4. The molecule has 3 atom stereocenters. The molecular weight excluding hydrogens is 744 g/mol. The lowest BCUT2D eigenvalue weighted by molar-refractivity contribution is -0.146. The normalized spacial score (nSPS) is 23.5. The number of nitrogens with one attached hydrogen (secondary N) is 2. The predicted octanol–water partition coefficient (Wildman–Crippen LogP) is 4.40. The molecule has 2 bridgehead atoms. The number of piperidine rings is 1. The number of pyridine rings is 2. The first-order valence-corrected chi connectivity index (χ1v) is 17.8. The number of nitrogens with zero attached hydrogens (tertiary/aromatic N) is 7. The Bertz CT molecular complexity index is 2080. The Morgan fingerprint density at radius 3 is 2.63 bits per heavy atom. The van der Waals surface area contributed by atoms with E-state index in [4.69, 9.17) is 4.74 Å². The van der Waals surface area contributed by atoms with Crippen LogP contribution in [0, 0.1) is 12.3 Å². The maximum Gasteiger partial charge on any atom is 0.324 e. The monoisotopic (exact) mass is 779 g/mol. The van der Waals surface area contributed by atoms with Crippen LogP contribution in [0.1, 0.15) is 67.3 Å². The van der Waals surface area contributed by atoms with Crippen LogP contribution in [0.4, 0.5) is 14.6 Å². The standard InChI is InChI=1S/C35H36BrF2N9O5/c1-19(48)30-23-11-24(22-14-40-20(2)41-15-22)42-16-26(23)46(45-30)17-29(49)47-25-12-34(13-27(34)47)8-9-39-33(51)35(37,38)7-3-4-10-52-18-21-5-6-28(36)43-31(21)44-32(25)50/h5-6,11,14-16,25,27H,3-4,7-10,12-13,17-18H2,1-2H3,(H,39,51)(H,43,44,50)/t25-,27+,34-/m0/s1. The van der Waals surface area contributed by atoms with Gasteiger partial charge in [0.1, 0.15) is 34.5 Å². The largest absolute Gasteiger partial charge is 0.377 e. The number of alkyl halides is 2. The number of amides is 3. The molecule has 2 N–H and O–H groups in total. The van der Waals surface area contributed by atoms with Crippen molar-refractivity contribution in [2.24, 2.45) is 5.41 Å². The van der Waals surface area contributed by atoms with Gasteiger partial charge in [0, 0.05) is 61.4 Å². The van der Waals surface area contributed by atoms with Crippen LogP contribution in [0.5, 0.6) is 0 Å². The first-order chi connectivity index (χ1) is 24.8. The number of hydrogen-bond acceptors (Lipinski definition) is 10. The lowest BCUT2D eigenvalue weighted by Crippen LogP contribution is -2.47. The van der Waals surface area contributed by atoms with E-state index in [0.717, 1.165) is 0 Å². The van der Waals surface area contributed by atoms with Crippen LogP contribution < -0.4 is 10.6 Å². The van der Waals surface area contributed by atoms with Gasteiger partial charge in [-0.2, -0.15) is 13.9 Å². The van der Waals surface area contributed by atoms with Crippen LogP contribution in [0.3, 0.4) is 0 Å². The van der Waals surface area contributed by atoms with Crippen molar-refractivity contribution in [3.05, 3.63) is 58.5 Å². The van der Waals surface area contributed by atoms with Crippen molar-refractivity contribution in [3.8, 4) is 11.3 Å². The number of halogens is 3. The fourth-order valence-corrected chi connectivity index (χ4v) is 7.52. The minimum Gasteiger partial charge on any atom is -0.377 e. The van der Waals surface area contributed by atoms with Crippen molar-refractivity contribution in [2.75, 3.05) is 18.5 Å². The average molecular weight is 781 g/mol. The summed E-state index contributed by atoms with van der Waals surface area (Å²) in [7, 11) is 0. The summed E-state index contributed by atoms with van der Waals surface area (Å²) in [6.07, 6.45) is 5.68. The van der Waals surface area contributed by atoms with Crippen molar-refractivity contribution in [3.63, 3.8) is 0 Å². The summed E-state index contributed by atoms with van der Waals surface area (Å²) in [5, 5.41) is 10.3. The predicted molar refractivity (Wildman–Crippen MR) is 186 cm³/mol. The molecule has 14 nitrogen and oxygen atoms in total. The first kappa shape index (κ1) is 35.6. The molecule has 17 heteroatoms. The van der Waals surface area contributed by atoms with E-state index in [1.165, 1.54) is 22.7 Å². The lowest BCUT2D eigenvalue weighted by Gasteiger charge is -2.27. The van der Waals surface area contributed by atoms with E-state index in [2.05, 4.69) is 51.6 Å². The molecule has 2 aliphatic heterocycles. The molecule has 1 saturated heterocycles. The molecule has 0 radical (unpaired) electrons. The third kappa shape index (κ3) is 7.02. The van der Waals surface area contributed by atoms with Gasteiger partial charge >= 0.3 is 5.92 Å². The summed E-state index contributed by atoms with van der Waals surface area (Å²) < 4.78 is 36.9. The van der Waals surface area contributed by atoms with Crippen LogP contribution in [0.2, 0.25) is 0 Å². The Kier molecular flexibility index (Phi) is 9.58. The topological polar surface area (TPSA) is 174 Å². The van der Waals surface area contributed by atoms with Gasteiger partial charge in [-0.1, -0.05) is 6.07 Å². The van der Waals surface area contributed by atoms with Gasteiger partial charge in [-0.3, -0.25) is 28.8 Å².